The smallest absolute Gasteiger partial charge is 0.131 e. The fourth-order valence-electron chi connectivity index (χ4n) is 2.85. The van der Waals surface area contributed by atoms with Gasteiger partial charge in [-0.1, -0.05) is 0 Å². The van der Waals surface area contributed by atoms with Crippen molar-refractivity contribution < 1.29 is 0 Å². The number of nitrogens with two attached hydrogens (primary N) is 1. The molecule has 1 saturated heterocycles. The number of hydrogen-bond donors (Lipinski definition) is 1. The van der Waals surface area contributed by atoms with Gasteiger partial charge in [-0.15, -0.1) is 0 Å². The first-order valence-electron chi connectivity index (χ1n) is 7.37. The lowest BCUT2D eigenvalue weighted by molar-refractivity contribution is 0.228. The Balaban J connectivity index is 1.97. The average molecular weight is 280 g/mol. The van der Waals surface area contributed by atoms with E-state index in [1.54, 1.807) is 0 Å². The fourth-order valence-corrected chi connectivity index (χ4v) is 2.85. The minimum Gasteiger partial charge on any atom is -0.354 e. The quantitative estimate of drug-likeness (QED) is 0.814. The van der Waals surface area contributed by atoms with Crippen molar-refractivity contribution in [2.24, 2.45) is 12.8 Å². The van der Waals surface area contributed by atoms with Crippen LogP contribution in [0.2, 0.25) is 0 Å². The Labute approximate surface area is 122 Å². The molecule has 1 fully saturated rings. The molecule has 1 aromatic heterocycles. The van der Waals surface area contributed by atoms with Gasteiger partial charge in [-0.3, -0.25) is 9.58 Å². The maximum atomic E-state index is 5.88. The zero-order valence-corrected chi connectivity index (χ0v) is 13.3. The molecule has 2 heterocycles. The molecule has 0 aromatic carbocycles. The molecule has 0 spiro atoms. The summed E-state index contributed by atoms with van der Waals surface area (Å²) in [6.07, 6.45) is 0. The van der Waals surface area contributed by atoms with Gasteiger partial charge in [0, 0.05) is 58.4 Å². The molecule has 6 heteroatoms. The van der Waals surface area contributed by atoms with E-state index in [-0.39, 0.29) is 0 Å². The summed E-state index contributed by atoms with van der Waals surface area (Å²) in [5.74, 6) is 1.21. The number of nitrogens with zero attached hydrogens (tertiary/aromatic N) is 5. The molecule has 2 rings (SSSR count). The molecular formula is C14H28N6. The molecule has 6 nitrogen and oxygen atoms in total. The summed E-state index contributed by atoms with van der Waals surface area (Å²) in [6, 6.07) is 0. The SMILES string of the molecule is Cc1nn(C)c(N2CCN(CCN(C)C)CC2)c1CN. The Kier molecular flexibility index (Phi) is 5.01. The number of piperazine rings is 1. The Morgan fingerprint density at radius 3 is 2.40 bits per heavy atom. The topological polar surface area (TPSA) is 53.6 Å². The highest BCUT2D eigenvalue weighted by Crippen LogP contribution is 2.23. The first-order chi connectivity index (χ1) is 9.52. The van der Waals surface area contributed by atoms with E-state index in [1.165, 1.54) is 11.4 Å². The fraction of sp³-hybridized carbons (Fsp3) is 0.786. The van der Waals surface area contributed by atoms with Crippen molar-refractivity contribution in [1.29, 1.82) is 0 Å². The molecular weight excluding hydrogens is 252 g/mol. The second-order valence-corrected chi connectivity index (χ2v) is 5.85. The van der Waals surface area contributed by atoms with Crippen molar-refractivity contribution in [1.82, 2.24) is 19.6 Å². The number of likely N-dealkylation sites (N-methyl/N-ethyl adjacent to an activating group) is 1. The molecule has 0 unspecified atom stereocenters. The van der Waals surface area contributed by atoms with Crippen LogP contribution < -0.4 is 10.6 Å². The Hall–Kier alpha value is -1.11. The van der Waals surface area contributed by atoms with Gasteiger partial charge in [-0.05, 0) is 21.0 Å². The van der Waals surface area contributed by atoms with Crippen LogP contribution in [-0.4, -0.2) is 72.9 Å². The highest BCUT2D eigenvalue weighted by Gasteiger charge is 2.22. The van der Waals surface area contributed by atoms with Crippen LogP contribution in [-0.2, 0) is 13.6 Å². The molecule has 0 aliphatic carbocycles. The van der Waals surface area contributed by atoms with Gasteiger partial charge in [0.2, 0.25) is 0 Å². The van der Waals surface area contributed by atoms with Crippen molar-refractivity contribution >= 4 is 5.82 Å². The summed E-state index contributed by atoms with van der Waals surface area (Å²) in [5.41, 5.74) is 8.13. The monoisotopic (exact) mass is 280 g/mol. The van der Waals surface area contributed by atoms with Crippen LogP contribution in [0.4, 0.5) is 5.82 Å². The molecule has 0 amide bonds. The summed E-state index contributed by atoms with van der Waals surface area (Å²) in [6.45, 7) is 9.21. The van der Waals surface area contributed by atoms with Gasteiger partial charge < -0.3 is 15.5 Å². The number of anilines is 1. The Morgan fingerprint density at radius 1 is 1.20 bits per heavy atom. The van der Waals surface area contributed by atoms with Crippen molar-refractivity contribution in [3.8, 4) is 0 Å². The van der Waals surface area contributed by atoms with E-state index in [0.717, 1.165) is 45.0 Å². The van der Waals surface area contributed by atoms with E-state index in [0.29, 0.717) is 6.54 Å². The van der Waals surface area contributed by atoms with E-state index in [9.17, 15) is 0 Å². The minimum absolute atomic E-state index is 0.565. The van der Waals surface area contributed by atoms with E-state index >= 15 is 0 Å². The summed E-state index contributed by atoms with van der Waals surface area (Å²) >= 11 is 0. The summed E-state index contributed by atoms with van der Waals surface area (Å²) in [5, 5.41) is 4.51. The highest BCUT2D eigenvalue weighted by molar-refractivity contribution is 5.50. The molecule has 0 bridgehead atoms. The largest absolute Gasteiger partial charge is 0.354 e. The second-order valence-electron chi connectivity index (χ2n) is 5.85. The summed E-state index contributed by atoms with van der Waals surface area (Å²) in [4.78, 5) is 7.19. The first kappa shape index (κ1) is 15.3. The molecule has 1 aliphatic heterocycles. The molecule has 0 saturated carbocycles. The second kappa shape index (κ2) is 6.56. The molecule has 0 radical (unpaired) electrons. The number of hydrogen-bond acceptors (Lipinski definition) is 5. The van der Waals surface area contributed by atoms with Crippen molar-refractivity contribution in [2.75, 3.05) is 58.3 Å². The van der Waals surface area contributed by atoms with E-state index in [2.05, 4.69) is 33.9 Å². The number of rotatable bonds is 5. The van der Waals surface area contributed by atoms with Crippen LogP contribution in [0.5, 0.6) is 0 Å². The maximum Gasteiger partial charge on any atom is 0.131 e. The standard InChI is InChI=1S/C14H28N6/c1-12-13(11-15)14(18(4)16-12)20-9-7-19(8-10-20)6-5-17(2)3/h5-11,15H2,1-4H3. The van der Waals surface area contributed by atoms with E-state index in [4.69, 9.17) is 5.73 Å². The van der Waals surface area contributed by atoms with Crippen LogP contribution >= 0.6 is 0 Å². The van der Waals surface area contributed by atoms with E-state index in [1.807, 2.05) is 18.7 Å². The van der Waals surface area contributed by atoms with E-state index < -0.39 is 0 Å². The molecule has 20 heavy (non-hydrogen) atoms. The molecule has 1 aromatic rings. The third kappa shape index (κ3) is 3.31. The first-order valence-corrected chi connectivity index (χ1v) is 7.37. The minimum atomic E-state index is 0.565. The van der Waals surface area contributed by atoms with Crippen LogP contribution in [0, 0.1) is 6.92 Å². The molecule has 114 valence electrons. The predicted octanol–water partition coefficient (Wildman–Crippen LogP) is -0.129. The lowest BCUT2D eigenvalue weighted by atomic mass is 10.2. The van der Waals surface area contributed by atoms with Gasteiger partial charge in [0.05, 0.1) is 5.69 Å². The molecule has 1 aliphatic rings. The van der Waals surface area contributed by atoms with Crippen molar-refractivity contribution in [3.63, 3.8) is 0 Å². The van der Waals surface area contributed by atoms with Gasteiger partial charge in [0.1, 0.15) is 5.82 Å². The lowest BCUT2D eigenvalue weighted by Gasteiger charge is -2.36. The van der Waals surface area contributed by atoms with Crippen LogP contribution in [0.3, 0.4) is 0 Å². The van der Waals surface area contributed by atoms with Crippen LogP contribution in [0.1, 0.15) is 11.3 Å². The van der Waals surface area contributed by atoms with Gasteiger partial charge in [0.15, 0.2) is 0 Å². The van der Waals surface area contributed by atoms with Gasteiger partial charge >= 0.3 is 0 Å². The number of aromatic nitrogens is 2. The van der Waals surface area contributed by atoms with Gasteiger partial charge in [0.25, 0.3) is 0 Å². The van der Waals surface area contributed by atoms with Crippen LogP contribution in [0.15, 0.2) is 0 Å². The van der Waals surface area contributed by atoms with Gasteiger partial charge in [-0.2, -0.15) is 5.10 Å². The molecule has 0 atom stereocenters. The normalized spacial score (nSPS) is 17.2. The zero-order chi connectivity index (χ0) is 14.7. The Morgan fingerprint density at radius 2 is 1.85 bits per heavy atom. The summed E-state index contributed by atoms with van der Waals surface area (Å²) in [7, 11) is 6.27. The van der Waals surface area contributed by atoms with Crippen LogP contribution in [0.25, 0.3) is 0 Å². The molecule has 2 N–H and O–H groups in total. The van der Waals surface area contributed by atoms with Crippen molar-refractivity contribution in [3.05, 3.63) is 11.3 Å². The zero-order valence-electron chi connectivity index (χ0n) is 13.3. The average Bonchev–Trinajstić information content (AvgIpc) is 2.71. The Bertz CT molecular complexity index is 431. The third-order valence-corrected chi connectivity index (χ3v) is 4.05. The summed E-state index contributed by atoms with van der Waals surface area (Å²) < 4.78 is 1.98. The van der Waals surface area contributed by atoms with Crippen molar-refractivity contribution in [2.45, 2.75) is 13.5 Å². The van der Waals surface area contributed by atoms with Gasteiger partial charge in [-0.25, -0.2) is 0 Å². The number of aryl methyl sites for hydroxylation is 2. The third-order valence-electron chi connectivity index (χ3n) is 4.05. The lowest BCUT2D eigenvalue weighted by Crippen LogP contribution is -2.48. The maximum absolute atomic E-state index is 5.88. The highest BCUT2D eigenvalue weighted by atomic mass is 15.4. The predicted molar refractivity (Wildman–Crippen MR) is 83.0 cm³/mol.